The lowest BCUT2D eigenvalue weighted by Crippen LogP contribution is -2.52. The number of ketones is 1. The zero-order valence-corrected chi connectivity index (χ0v) is 12.9. The average Bonchev–Trinajstić information content (AvgIpc) is 2.80. The maximum absolute atomic E-state index is 12.3. The lowest BCUT2D eigenvalue weighted by atomic mass is 9.91. The second-order valence-corrected chi connectivity index (χ2v) is 5.22. The van der Waals surface area contributed by atoms with Crippen LogP contribution in [0.1, 0.15) is 39.3 Å². The summed E-state index contributed by atoms with van der Waals surface area (Å²) in [6, 6.07) is 3.53. The molecule has 22 heavy (non-hydrogen) atoms. The summed E-state index contributed by atoms with van der Waals surface area (Å²) in [5.74, 6) is -0.216. The van der Waals surface area contributed by atoms with Crippen LogP contribution in [0.15, 0.2) is 29.7 Å². The SMILES string of the molecule is CCC(=O)C1(C)NN(Cc2cccnn2)C(CC)=C1[N+](=O)[O-]. The van der Waals surface area contributed by atoms with E-state index < -0.39 is 10.5 Å². The Balaban J connectivity index is 2.41. The van der Waals surface area contributed by atoms with Crippen molar-refractivity contribution >= 4 is 5.78 Å². The standard InChI is InChI=1S/C14H19N5O3/c1-4-11-13(19(21)22)14(3,12(20)5-2)17-18(11)9-10-7-6-8-15-16-10/h6-8,17H,4-5,9H2,1-3H3. The smallest absolute Gasteiger partial charge is 0.295 e. The van der Waals surface area contributed by atoms with E-state index in [-0.39, 0.29) is 17.9 Å². The molecule has 1 atom stereocenters. The topological polar surface area (TPSA) is 101 Å². The number of rotatable bonds is 6. The van der Waals surface area contributed by atoms with Gasteiger partial charge in [-0.3, -0.25) is 19.9 Å². The monoisotopic (exact) mass is 305 g/mol. The number of allylic oxidation sites excluding steroid dienone is 1. The molecule has 1 aromatic rings. The van der Waals surface area contributed by atoms with Gasteiger partial charge in [-0.2, -0.15) is 10.2 Å². The van der Waals surface area contributed by atoms with Crippen LogP contribution < -0.4 is 5.43 Å². The third-order valence-electron chi connectivity index (χ3n) is 3.78. The highest BCUT2D eigenvalue weighted by atomic mass is 16.6. The van der Waals surface area contributed by atoms with Gasteiger partial charge in [0.15, 0.2) is 11.3 Å². The number of aromatic nitrogens is 2. The number of carbonyl (C=O) groups is 1. The number of Topliss-reactive ketones (excluding diaryl/α,β-unsaturated/α-hetero) is 1. The van der Waals surface area contributed by atoms with Crippen molar-refractivity contribution in [1.82, 2.24) is 20.6 Å². The van der Waals surface area contributed by atoms with Gasteiger partial charge in [-0.15, -0.1) is 0 Å². The molecule has 2 rings (SSSR count). The quantitative estimate of drug-likeness (QED) is 0.626. The van der Waals surface area contributed by atoms with Crippen molar-refractivity contribution in [3.05, 3.63) is 45.5 Å². The number of carbonyl (C=O) groups excluding carboxylic acids is 1. The highest BCUT2D eigenvalue weighted by Gasteiger charge is 2.53. The van der Waals surface area contributed by atoms with Gasteiger partial charge in [0.05, 0.1) is 17.2 Å². The first-order valence-corrected chi connectivity index (χ1v) is 7.17. The number of hydrazine groups is 1. The predicted octanol–water partition coefficient (Wildman–Crippen LogP) is 1.43. The molecule has 0 fully saturated rings. The van der Waals surface area contributed by atoms with Gasteiger partial charge in [0.1, 0.15) is 5.70 Å². The summed E-state index contributed by atoms with van der Waals surface area (Å²) in [4.78, 5) is 23.3. The molecule has 1 aliphatic heterocycles. The molecule has 0 aromatic carbocycles. The minimum atomic E-state index is -1.31. The lowest BCUT2D eigenvalue weighted by Gasteiger charge is -2.25. The Morgan fingerprint density at radius 1 is 1.50 bits per heavy atom. The maximum atomic E-state index is 12.3. The van der Waals surface area contributed by atoms with E-state index in [0.29, 0.717) is 24.4 Å². The van der Waals surface area contributed by atoms with Crippen molar-refractivity contribution < 1.29 is 9.72 Å². The van der Waals surface area contributed by atoms with Gasteiger partial charge in [-0.05, 0) is 25.5 Å². The van der Waals surface area contributed by atoms with Gasteiger partial charge < -0.3 is 0 Å². The fourth-order valence-corrected chi connectivity index (χ4v) is 2.72. The van der Waals surface area contributed by atoms with Gasteiger partial charge in [-0.1, -0.05) is 13.8 Å². The number of nitrogens with one attached hydrogen (secondary N) is 1. The molecule has 0 spiro atoms. The largest absolute Gasteiger partial charge is 0.299 e. The first-order chi connectivity index (χ1) is 10.4. The molecule has 0 saturated carbocycles. The molecule has 1 unspecified atom stereocenters. The zero-order chi connectivity index (χ0) is 16.3. The van der Waals surface area contributed by atoms with Crippen LogP contribution in [0.5, 0.6) is 0 Å². The molecule has 8 heteroatoms. The number of hydrogen-bond donors (Lipinski definition) is 1. The highest BCUT2D eigenvalue weighted by Crippen LogP contribution is 2.33. The van der Waals surface area contributed by atoms with Crippen LogP contribution in [0.3, 0.4) is 0 Å². The second kappa shape index (κ2) is 6.18. The fourth-order valence-electron chi connectivity index (χ4n) is 2.72. The van der Waals surface area contributed by atoms with Gasteiger partial charge in [-0.25, -0.2) is 5.43 Å². The van der Waals surface area contributed by atoms with Gasteiger partial charge in [0, 0.05) is 12.6 Å². The molecule has 1 aliphatic rings. The molecular formula is C14H19N5O3. The summed E-state index contributed by atoms with van der Waals surface area (Å²) in [7, 11) is 0. The van der Waals surface area contributed by atoms with E-state index in [0.717, 1.165) is 0 Å². The zero-order valence-electron chi connectivity index (χ0n) is 12.9. The number of nitro groups is 1. The van der Waals surface area contributed by atoms with Crippen LogP contribution in [0, 0.1) is 10.1 Å². The molecule has 118 valence electrons. The Hall–Kier alpha value is -2.35. The summed E-state index contributed by atoms with van der Waals surface area (Å²) in [6.45, 7) is 5.39. The number of hydrogen-bond acceptors (Lipinski definition) is 7. The Kier molecular flexibility index (Phi) is 4.51. The highest BCUT2D eigenvalue weighted by molar-refractivity contribution is 5.91. The van der Waals surface area contributed by atoms with Crippen LogP contribution in [-0.4, -0.2) is 31.5 Å². The van der Waals surface area contributed by atoms with Crippen LogP contribution in [-0.2, 0) is 11.3 Å². The molecule has 0 amide bonds. The first kappa shape index (κ1) is 16.0. The summed E-state index contributed by atoms with van der Waals surface area (Å²) >= 11 is 0. The summed E-state index contributed by atoms with van der Waals surface area (Å²) in [5.41, 5.74) is 2.77. The van der Waals surface area contributed by atoms with Crippen LogP contribution >= 0.6 is 0 Å². The van der Waals surface area contributed by atoms with Crippen molar-refractivity contribution in [1.29, 1.82) is 0 Å². The van der Waals surface area contributed by atoms with E-state index in [4.69, 9.17) is 0 Å². The lowest BCUT2D eigenvalue weighted by molar-refractivity contribution is -0.433. The normalized spacial score (nSPS) is 21.3. The average molecular weight is 305 g/mol. The van der Waals surface area contributed by atoms with Crippen LogP contribution in [0.4, 0.5) is 0 Å². The number of nitrogens with zero attached hydrogens (tertiary/aromatic N) is 4. The summed E-state index contributed by atoms with van der Waals surface area (Å²) in [5, 5.41) is 20.9. The molecule has 0 aliphatic carbocycles. The summed E-state index contributed by atoms with van der Waals surface area (Å²) in [6.07, 6.45) is 2.22. The van der Waals surface area contributed by atoms with Gasteiger partial charge >= 0.3 is 0 Å². The van der Waals surface area contributed by atoms with Crippen LogP contribution in [0.2, 0.25) is 0 Å². The third kappa shape index (κ3) is 2.69. The Bertz CT molecular complexity index is 616. The van der Waals surface area contributed by atoms with Crippen molar-refractivity contribution in [3.8, 4) is 0 Å². The van der Waals surface area contributed by atoms with Gasteiger partial charge in [0.2, 0.25) is 0 Å². The molecule has 0 saturated heterocycles. The van der Waals surface area contributed by atoms with E-state index >= 15 is 0 Å². The molecule has 8 nitrogen and oxygen atoms in total. The van der Waals surface area contributed by atoms with E-state index in [9.17, 15) is 14.9 Å². The predicted molar refractivity (Wildman–Crippen MR) is 78.7 cm³/mol. The van der Waals surface area contributed by atoms with Crippen LogP contribution in [0.25, 0.3) is 0 Å². The molecule has 1 aromatic heterocycles. The molecule has 1 N–H and O–H groups in total. The van der Waals surface area contributed by atoms with E-state index in [2.05, 4.69) is 15.6 Å². The summed E-state index contributed by atoms with van der Waals surface area (Å²) < 4.78 is 0. The van der Waals surface area contributed by atoms with Crippen molar-refractivity contribution in [2.75, 3.05) is 0 Å². The molecule has 0 bridgehead atoms. The minimum Gasteiger partial charge on any atom is -0.299 e. The molecule has 0 radical (unpaired) electrons. The fraction of sp³-hybridized carbons (Fsp3) is 0.500. The van der Waals surface area contributed by atoms with E-state index in [1.807, 2.05) is 6.92 Å². The van der Waals surface area contributed by atoms with E-state index in [1.54, 1.807) is 37.2 Å². The third-order valence-corrected chi connectivity index (χ3v) is 3.78. The molecule has 2 heterocycles. The van der Waals surface area contributed by atoms with Crippen molar-refractivity contribution in [2.24, 2.45) is 0 Å². The maximum Gasteiger partial charge on any atom is 0.295 e. The Morgan fingerprint density at radius 3 is 2.73 bits per heavy atom. The molecular weight excluding hydrogens is 286 g/mol. The Morgan fingerprint density at radius 2 is 2.23 bits per heavy atom. The van der Waals surface area contributed by atoms with Gasteiger partial charge in [0.25, 0.3) is 5.70 Å². The minimum absolute atomic E-state index is 0.0780. The second-order valence-electron chi connectivity index (χ2n) is 5.22. The van der Waals surface area contributed by atoms with Crippen molar-refractivity contribution in [3.63, 3.8) is 0 Å². The van der Waals surface area contributed by atoms with E-state index in [1.165, 1.54) is 0 Å². The first-order valence-electron chi connectivity index (χ1n) is 7.17. The van der Waals surface area contributed by atoms with Crippen molar-refractivity contribution in [2.45, 2.75) is 45.7 Å². The Labute approximate surface area is 128 Å².